The zero-order chi connectivity index (χ0) is 19.2. The molecule has 3 rings (SSSR count). The highest BCUT2D eigenvalue weighted by Gasteiger charge is 2.26. The third-order valence-electron chi connectivity index (χ3n) is 5.87. The maximum Gasteiger partial charge on any atom is 0.223 e. The number of hydrogen-bond donors (Lipinski definition) is 1. The van der Waals surface area contributed by atoms with E-state index in [2.05, 4.69) is 79.5 Å². The highest BCUT2D eigenvalue weighted by Crippen LogP contribution is 2.23. The van der Waals surface area contributed by atoms with Gasteiger partial charge in [0.1, 0.15) is 0 Å². The first kappa shape index (κ1) is 19.6. The number of aryl methyl sites for hydroxylation is 2. The van der Waals surface area contributed by atoms with E-state index in [0.717, 1.165) is 38.9 Å². The Labute approximate surface area is 163 Å². The first-order chi connectivity index (χ1) is 13.1. The minimum Gasteiger partial charge on any atom is -0.349 e. The number of hydrogen-bond acceptors (Lipinski definition) is 2. The van der Waals surface area contributed by atoms with Crippen LogP contribution in [0.25, 0.3) is 0 Å². The molecule has 1 atom stereocenters. The molecule has 1 aliphatic heterocycles. The van der Waals surface area contributed by atoms with Crippen LogP contribution >= 0.6 is 0 Å². The molecule has 0 aliphatic carbocycles. The number of amides is 1. The fraction of sp³-hybridized carbons (Fsp3) is 0.458. The molecule has 27 heavy (non-hydrogen) atoms. The van der Waals surface area contributed by atoms with Gasteiger partial charge in [0.15, 0.2) is 0 Å². The van der Waals surface area contributed by atoms with E-state index < -0.39 is 0 Å². The van der Waals surface area contributed by atoms with E-state index in [9.17, 15) is 4.79 Å². The molecule has 0 radical (unpaired) electrons. The summed E-state index contributed by atoms with van der Waals surface area (Å²) < 4.78 is 0. The van der Waals surface area contributed by atoms with E-state index in [0.29, 0.717) is 0 Å². The monoisotopic (exact) mass is 364 g/mol. The van der Waals surface area contributed by atoms with Gasteiger partial charge in [0.05, 0.1) is 6.04 Å². The molecule has 3 heteroatoms. The molecular formula is C24H32N2O. The second-order valence-electron chi connectivity index (χ2n) is 7.85. The lowest BCUT2D eigenvalue weighted by molar-refractivity contribution is -0.127. The van der Waals surface area contributed by atoms with Gasteiger partial charge in [-0.25, -0.2) is 0 Å². The molecule has 2 aromatic rings. The van der Waals surface area contributed by atoms with Gasteiger partial charge >= 0.3 is 0 Å². The van der Waals surface area contributed by atoms with Crippen molar-refractivity contribution in [3.63, 3.8) is 0 Å². The van der Waals surface area contributed by atoms with Crippen LogP contribution in [0.15, 0.2) is 48.5 Å². The quantitative estimate of drug-likeness (QED) is 0.800. The number of carbonyl (C=O) groups is 1. The molecule has 0 spiro atoms. The Balaban J connectivity index is 1.53. The lowest BCUT2D eigenvalue weighted by atomic mass is 9.94. The van der Waals surface area contributed by atoms with Crippen LogP contribution in [0.1, 0.15) is 54.5 Å². The fourth-order valence-electron chi connectivity index (χ4n) is 3.89. The van der Waals surface area contributed by atoms with E-state index in [4.69, 9.17) is 0 Å². The number of nitrogens with zero attached hydrogens (tertiary/aromatic N) is 1. The molecule has 2 aromatic carbocycles. The van der Waals surface area contributed by atoms with Crippen molar-refractivity contribution in [1.29, 1.82) is 0 Å². The summed E-state index contributed by atoms with van der Waals surface area (Å²) in [4.78, 5) is 15.3. The van der Waals surface area contributed by atoms with E-state index >= 15 is 0 Å². The first-order valence-corrected chi connectivity index (χ1v) is 10.2. The summed E-state index contributed by atoms with van der Waals surface area (Å²) in [6.07, 6.45) is 2.81. The second kappa shape index (κ2) is 9.18. The fourth-order valence-corrected chi connectivity index (χ4v) is 3.89. The number of carbonyl (C=O) groups excluding carboxylic acids is 1. The van der Waals surface area contributed by atoms with Gasteiger partial charge in [-0.15, -0.1) is 0 Å². The maximum atomic E-state index is 12.8. The molecule has 0 unspecified atom stereocenters. The van der Waals surface area contributed by atoms with Gasteiger partial charge in [-0.1, -0.05) is 55.5 Å². The van der Waals surface area contributed by atoms with Gasteiger partial charge in [0, 0.05) is 12.5 Å². The van der Waals surface area contributed by atoms with Crippen molar-refractivity contribution in [2.45, 2.75) is 52.6 Å². The third kappa shape index (κ3) is 5.20. The van der Waals surface area contributed by atoms with Gasteiger partial charge in [0.25, 0.3) is 0 Å². The number of likely N-dealkylation sites (tertiary alicyclic amines) is 1. The number of piperidine rings is 1. The normalized spacial score (nSPS) is 16.9. The zero-order valence-electron chi connectivity index (χ0n) is 16.9. The summed E-state index contributed by atoms with van der Waals surface area (Å²) in [6.45, 7) is 9.37. The Bertz CT molecular complexity index is 748. The summed E-state index contributed by atoms with van der Waals surface area (Å²) in [6, 6.07) is 17.2. The van der Waals surface area contributed by atoms with Crippen LogP contribution < -0.4 is 5.32 Å². The molecule has 3 nitrogen and oxygen atoms in total. The van der Waals surface area contributed by atoms with Gasteiger partial charge in [-0.05, 0) is 68.5 Å². The summed E-state index contributed by atoms with van der Waals surface area (Å²) in [7, 11) is 0. The second-order valence-corrected chi connectivity index (χ2v) is 7.85. The standard InChI is InChI=1S/C24H32N2O/c1-4-23(22-11-10-18(2)19(3)16-22)25-24(27)21-12-14-26(15-13-21)17-20-8-6-5-7-9-20/h5-11,16,21,23H,4,12-15,17H2,1-3H3,(H,25,27)/t23-/m1/s1. The number of nitrogens with one attached hydrogen (secondary N) is 1. The molecule has 1 heterocycles. The average Bonchev–Trinajstić information content (AvgIpc) is 2.69. The predicted molar refractivity (Wildman–Crippen MR) is 112 cm³/mol. The van der Waals surface area contributed by atoms with Crippen molar-refractivity contribution in [2.75, 3.05) is 13.1 Å². The van der Waals surface area contributed by atoms with Crippen LogP contribution in [0.4, 0.5) is 0 Å². The summed E-state index contributed by atoms with van der Waals surface area (Å²) >= 11 is 0. The van der Waals surface area contributed by atoms with Crippen molar-refractivity contribution in [3.8, 4) is 0 Å². The maximum absolute atomic E-state index is 12.8. The van der Waals surface area contributed by atoms with Crippen molar-refractivity contribution in [2.24, 2.45) is 5.92 Å². The number of benzene rings is 2. The Morgan fingerprint density at radius 2 is 1.78 bits per heavy atom. The van der Waals surface area contributed by atoms with Crippen LogP contribution in [-0.2, 0) is 11.3 Å². The van der Waals surface area contributed by atoms with Gasteiger partial charge in [0.2, 0.25) is 5.91 Å². The Hall–Kier alpha value is -2.13. The molecule has 1 saturated heterocycles. The lowest BCUT2D eigenvalue weighted by Crippen LogP contribution is -2.41. The molecule has 0 saturated carbocycles. The van der Waals surface area contributed by atoms with E-state index in [1.807, 2.05) is 0 Å². The zero-order valence-corrected chi connectivity index (χ0v) is 16.9. The van der Waals surface area contributed by atoms with Crippen LogP contribution in [0.5, 0.6) is 0 Å². The minimum absolute atomic E-state index is 0.110. The minimum atomic E-state index is 0.110. The number of rotatable bonds is 6. The van der Waals surface area contributed by atoms with Crippen molar-refractivity contribution < 1.29 is 4.79 Å². The Morgan fingerprint density at radius 1 is 1.07 bits per heavy atom. The molecule has 144 valence electrons. The van der Waals surface area contributed by atoms with Gasteiger partial charge in [-0.2, -0.15) is 0 Å². The molecule has 1 N–H and O–H groups in total. The largest absolute Gasteiger partial charge is 0.349 e. The summed E-state index contributed by atoms with van der Waals surface area (Å²) in [5.41, 5.74) is 5.15. The summed E-state index contributed by atoms with van der Waals surface area (Å²) in [5.74, 6) is 0.358. The van der Waals surface area contributed by atoms with Crippen molar-refractivity contribution in [1.82, 2.24) is 10.2 Å². The molecule has 1 aliphatic rings. The predicted octanol–water partition coefficient (Wildman–Crippen LogP) is 4.78. The molecule has 1 fully saturated rings. The van der Waals surface area contributed by atoms with E-state index in [1.54, 1.807) is 0 Å². The highest BCUT2D eigenvalue weighted by molar-refractivity contribution is 5.79. The van der Waals surface area contributed by atoms with Crippen molar-refractivity contribution >= 4 is 5.91 Å². The van der Waals surface area contributed by atoms with Gasteiger partial charge < -0.3 is 5.32 Å². The molecular weight excluding hydrogens is 332 g/mol. The molecule has 1 amide bonds. The molecule has 0 bridgehead atoms. The van der Waals surface area contributed by atoms with Crippen LogP contribution in [0, 0.1) is 19.8 Å². The Kier molecular flexibility index (Phi) is 6.68. The Morgan fingerprint density at radius 3 is 2.41 bits per heavy atom. The smallest absolute Gasteiger partial charge is 0.223 e. The third-order valence-corrected chi connectivity index (χ3v) is 5.87. The van der Waals surface area contributed by atoms with Crippen LogP contribution in [0.2, 0.25) is 0 Å². The van der Waals surface area contributed by atoms with E-state index in [-0.39, 0.29) is 17.9 Å². The summed E-state index contributed by atoms with van der Waals surface area (Å²) in [5, 5.41) is 3.31. The highest BCUT2D eigenvalue weighted by atomic mass is 16.1. The average molecular weight is 365 g/mol. The van der Waals surface area contributed by atoms with Gasteiger partial charge in [-0.3, -0.25) is 9.69 Å². The van der Waals surface area contributed by atoms with Crippen molar-refractivity contribution in [3.05, 3.63) is 70.8 Å². The van der Waals surface area contributed by atoms with Crippen LogP contribution in [0.3, 0.4) is 0 Å². The molecule has 0 aromatic heterocycles. The lowest BCUT2D eigenvalue weighted by Gasteiger charge is -2.32. The van der Waals surface area contributed by atoms with Crippen LogP contribution in [-0.4, -0.2) is 23.9 Å². The topological polar surface area (TPSA) is 32.3 Å². The first-order valence-electron chi connectivity index (χ1n) is 10.2. The SMILES string of the molecule is CC[C@@H](NC(=O)C1CCN(Cc2ccccc2)CC1)c1ccc(C)c(C)c1. The van der Waals surface area contributed by atoms with E-state index in [1.165, 1.54) is 22.3 Å².